The van der Waals surface area contributed by atoms with Crippen LogP contribution in [0.15, 0.2) is 0 Å². The molecule has 0 radical (unpaired) electrons. The summed E-state index contributed by atoms with van der Waals surface area (Å²) >= 11 is 0. The molecule has 4 nitrogen and oxygen atoms in total. The highest BCUT2D eigenvalue weighted by Crippen LogP contribution is 2.32. The normalized spacial score (nSPS) is 34.6. The van der Waals surface area contributed by atoms with Crippen molar-refractivity contribution in [2.45, 2.75) is 58.8 Å². The largest absolute Gasteiger partial charge is 0.391 e. The predicted octanol–water partition coefficient (Wildman–Crippen LogP) is 1.32. The monoisotopic (exact) mass is 243 g/mol. The third-order valence-electron chi connectivity index (χ3n) is 3.68. The summed E-state index contributed by atoms with van der Waals surface area (Å²) in [7, 11) is 0. The molecule has 0 aliphatic carbocycles. The summed E-state index contributed by atoms with van der Waals surface area (Å²) < 4.78 is 5.64. The van der Waals surface area contributed by atoms with E-state index < -0.39 is 6.10 Å². The van der Waals surface area contributed by atoms with E-state index >= 15 is 0 Å². The van der Waals surface area contributed by atoms with Gasteiger partial charge >= 0.3 is 0 Å². The van der Waals surface area contributed by atoms with Crippen molar-refractivity contribution in [3.8, 4) is 0 Å². The number of carbonyl (C=O) groups excluding carboxylic acids is 1. The molecule has 0 spiro atoms. The zero-order valence-electron chi connectivity index (χ0n) is 11.3. The average Bonchev–Trinajstić information content (AvgIpc) is 2.50. The molecule has 2 N–H and O–H groups in total. The van der Waals surface area contributed by atoms with Crippen LogP contribution in [0.1, 0.15) is 40.5 Å². The van der Waals surface area contributed by atoms with Gasteiger partial charge in [-0.05, 0) is 26.2 Å². The van der Waals surface area contributed by atoms with Gasteiger partial charge in [0.15, 0.2) is 0 Å². The SMILES string of the molecule is CCCC(O)CNC(=O)C1C(C)OC(C)C1C. The number of aliphatic hydroxyl groups is 1. The van der Waals surface area contributed by atoms with Crippen LogP contribution in [0.5, 0.6) is 0 Å². The number of hydrogen-bond acceptors (Lipinski definition) is 3. The van der Waals surface area contributed by atoms with E-state index in [4.69, 9.17) is 4.74 Å². The molecule has 1 heterocycles. The van der Waals surface area contributed by atoms with Crippen molar-refractivity contribution in [2.24, 2.45) is 11.8 Å². The van der Waals surface area contributed by atoms with Crippen molar-refractivity contribution in [1.82, 2.24) is 5.32 Å². The van der Waals surface area contributed by atoms with Crippen molar-refractivity contribution in [3.63, 3.8) is 0 Å². The van der Waals surface area contributed by atoms with Crippen molar-refractivity contribution < 1.29 is 14.6 Å². The Morgan fingerprint density at radius 3 is 2.47 bits per heavy atom. The quantitative estimate of drug-likeness (QED) is 0.765. The molecule has 0 aromatic carbocycles. The summed E-state index contributed by atoms with van der Waals surface area (Å²) in [5.74, 6) is 0.136. The molecule has 0 saturated carbocycles. The molecule has 4 heteroatoms. The maximum atomic E-state index is 12.0. The fourth-order valence-corrected chi connectivity index (χ4v) is 2.49. The van der Waals surface area contributed by atoms with Gasteiger partial charge < -0.3 is 15.2 Å². The third kappa shape index (κ3) is 3.68. The van der Waals surface area contributed by atoms with Gasteiger partial charge in [-0.25, -0.2) is 0 Å². The summed E-state index contributed by atoms with van der Waals surface area (Å²) in [6.45, 7) is 8.34. The van der Waals surface area contributed by atoms with Crippen LogP contribution in [0.25, 0.3) is 0 Å². The lowest BCUT2D eigenvalue weighted by Crippen LogP contribution is -2.40. The summed E-state index contributed by atoms with van der Waals surface area (Å²) in [5.41, 5.74) is 0. The molecule has 5 atom stereocenters. The third-order valence-corrected chi connectivity index (χ3v) is 3.68. The fourth-order valence-electron chi connectivity index (χ4n) is 2.49. The van der Waals surface area contributed by atoms with Crippen LogP contribution < -0.4 is 5.32 Å². The highest BCUT2D eigenvalue weighted by Gasteiger charge is 2.41. The highest BCUT2D eigenvalue weighted by atomic mass is 16.5. The second-order valence-electron chi connectivity index (χ2n) is 5.12. The van der Waals surface area contributed by atoms with Crippen LogP contribution in [0.4, 0.5) is 0 Å². The first-order valence-electron chi connectivity index (χ1n) is 6.58. The van der Waals surface area contributed by atoms with Gasteiger partial charge in [0.05, 0.1) is 24.2 Å². The summed E-state index contributed by atoms with van der Waals surface area (Å²) in [4.78, 5) is 12.0. The van der Waals surface area contributed by atoms with Gasteiger partial charge in [0.1, 0.15) is 0 Å². The molecule has 1 aliphatic rings. The molecular formula is C13H25NO3. The molecule has 0 bridgehead atoms. The number of nitrogens with one attached hydrogen (secondary N) is 1. The van der Waals surface area contributed by atoms with Gasteiger partial charge in [0.25, 0.3) is 0 Å². The zero-order valence-corrected chi connectivity index (χ0v) is 11.3. The van der Waals surface area contributed by atoms with Crippen LogP contribution in [0.3, 0.4) is 0 Å². The van der Waals surface area contributed by atoms with Crippen molar-refractivity contribution >= 4 is 5.91 Å². The van der Waals surface area contributed by atoms with Gasteiger partial charge in [-0.15, -0.1) is 0 Å². The Balaban J connectivity index is 2.42. The molecule has 1 amide bonds. The predicted molar refractivity (Wildman–Crippen MR) is 66.6 cm³/mol. The summed E-state index contributed by atoms with van der Waals surface area (Å²) in [6, 6.07) is 0. The van der Waals surface area contributed by atoms with Crippen LogP contribution in [-0.4, -0.2) is 35.9 Å². The number of ether oxygens (including phenoxy) is 1. The van der Waals surface area contributed by atoms with E-state index in [2.05, 4.69) is 5.32 Å². The highest BCUT2D eigenvalue weighted by molar-refractivity contribution is 5.79. The number of carbonyl (C=O) groups is 1. The molecule has 1 aliphatic heterocycles. The second kappa shape index (κ2) is 6.36. The first-order valence-corrected chi connectivity index (χ1v) is 6.58. The van der Waals surface area contributed by atoms with Crippen molar-refractivity contribution in [2.75, 3.05) is 6.54 Å². The lowest BCUT2D eigenvalue weighted by atomic mass is 9.89. The second-order valence-corrected chi connectivity index (χ2v) is 5.12. The lowest BCUT2D eigenvalue weighted by molar-refractivity contribution is -0.127. The van der Waals surface area contributed by atoms with E-state index in [0.717, 1.165) is 12.8 Å². The Morgan fingerprint density at radius 1 is 1.35 bits per heavy atom. The zero-order chi connectivity index (χ0) is 13.0. The Kier molecular flexibility index (Phi) is 5.40. The Morgan fingerprint density at radius 2 is 2.00 bits per heavy atom. The molecule has 17 heavy (non-hydrogen) atoms. The molecule has 0 aromatic rings. The van der Waals surface area contributed by atoms with Crippen LogP contribution in [0.2, 0.25) is 0 Å². The van der Waals surface area contributed by atoms with Gasteiger partial charge in [-0.3, -0.25) is 4.79 Å². The van der Waals surface area contributed by atoms with E-state index in [1.54, 1.807) is 0 Å². The number of aliphatic hydroxyl groups excluding tert-OH is 1. The van der Waals surface area contributed by atoms with E-state index in [9.17, 15) is 9.90 Å². The van der Waals surface area contributed by atoms with Crippen LogP contribution in [0, 0.1) is 11.8 Å². The molecule has 1 rings (SSSR count). The van der Waals surface area contributed by atoms with Gasteiger partial charge in [-0.2, -0.15) is 0 Å². The molecule has 5 unspecified atom stereocenters. The minimum absolute atomic E-state index is 0.00417. The van der Waals surface area contributed by atoms with Crippen molar-refractivity contribution in [1.29, 1.82) is 0 Å². The van der Waals surface area contributed by atoms with Gasteiger partial charge in [-0.1, -0.05) is 20.3 Å². The molecular weight excluding hydrogens is 218 g/mol. The fraction of sp³-hybridized carbons (Fsp3) is 0.923. The molecule has 100 valence electrons. The first kappa shape index (κ1) is 14.5. The number of rotatable bonds is 5. The van der Waals surface area contributed by atoms with Crippen molar-refractivity contribution in [3.05, 3.63) is 0 Å². The smallest absolute Gasteiger partial charge is 0.226 e. The maximum Gasteiger partial charge on any atom is 0.226 e. The Labute approximate surface area is 104 Å². The van der Waals surface area contributed by atoms with Gasteiger partial charge in [0.2, 0.25) is 5.91 Å². The Bertz CT molecular complexity index is 257. The van der Waals surface area contributed by atoms with E-state index in [1.165, 1.54) is 0 Å². The lowest BCUT2D eigenvalue weighted by Gasteiger charge is -2.19. The number of amides is 1. The minimum atomic E-state index is -0.436. The maximum absolute atomic E-state index is 12.0. The molecule has 1 saturated heterocycles. The van der Waals surface area contributed by atoms with E-state index in [-0.39, 0.29) is 30.0 Å². The molecule has 1 fully saturated rings. The first-order chi connectivity index (χ1) is 7.97. The van der Waals surface area contributed by atoms with Crippen LogP contribution in [-0.2, 0) is 9.53 Å². The van der Waals surface area contributed by atoms with E-state index in [1.807, 2.05) is 27.7 Å². The van der Waals surface area contributed by atoms with E-state index in [0.29, 0.717) is 6.54 Å². The Hall–Kier alpha value is -0.610. The minimum Gasteiger partial charge on any atom is -0.391 e. The summed E-state index contributed by atoms with van der Waals surface area (Å²) in [6.07, 6.45) is 1.30. The summed E-state index contributed by atoms with van der Waals surface area (Å²) in [5, 5.41) is 12.4. The molecule has 0 aromatic heterocycles. The van der Waals surface area contributed by atoms with Crippen LogP contribution >= 0.6 is 0 Å². The number of hydrogen-bond donors (Lipinski definition) is 2. The topological polar surface area (TPSA) is 58.6 Å². The van der Waals surface area contributed by atoms with Gasteiger partial charge in [0, 0.05) is 6.54 Å². The standard InChI is InChI=1S/C13H25NO3/c1-5-6-11(15)7-14-13(16)12-8(2)9(3)17-10(12)4/h8-12,15H,5-7H2,1-4H3,(H,14,16). The average molecular weight is 243 g/mol.